The van der Waals surface area contributed by atoms with E-state index in [1.165, 1.54) is 0 Å². The number of anilines is 1. The molecule has 5 heteroatoms. The number of nitrogens with one attached hydrogen (secondary N) is 1. The van der Waals surface area contributed by atoms with Crippen LogP contribution in [0.25, 0.3) is 0 Å². The van der Waals surface area contributed by atoms with E-state index in [4.69, 9.17) is 14.2 Å². The zero-order valence-corrected chi connectivity index (χ0v) is 16.2. The SMILES string of the molecule is CCOc1cc(C(=O)Nc2ccc(Oc3ccccc3C)cc2)ccc1OC. The van der Waals surface area contributed by atoms with Crippen LogP contribution in [0.4, 0.5) is 5.69 Å². The number of carbonyl (C=O) groups excluding carboxylic acids is 1. The molecule has 0 saturated heterocycles. The van der Waals surface area contributed by atoms with Crippen LogP contribution in [0.2, 0.25) is 0 Å². The number of hydrogen-bond acceptors (Lipinski definition) is 4. The zero-order valence-electron chi connectivity index (χ0n) is 16.2. The highest BCUT2D eigenvalue weighted by Crippen LogP contribution is 2.29. The van der Waals surface area contributed by atoms with Gasteiger partial charge in [-0.15, -0.1) is 0 Å². The molecule has 0 unspecified atom stereocenters. The lowest BCUT2D eigenvalue weighted by atomic mass is 10.1. The van der Waals surface area contributed by atoms with E-state index in [9.17, 15) is 4.79 Å². The van der Waals surface area contributed by atoms with Gasteiger partial charge in [-0.2, -0.15) is 0 Å². The second-order valence-corrected chi connectivity index (χ2v) is 6.14. The minimum absolute atomic E-state index is 0.226. The Kier molecular flexibility index (Phi) is 6.17. The number of benzene rings is 3. The number of aryl methyl sites for hydroxylation is 1. The van der Waals surface area contributed by atoms with Crippen LogP contribution in [-0.2, 0) is 0 Å². The van der Waals surface area contributed by atoms with Crippen LogP contribution in [0, 0.1) is 6.92 Å². The van der Waals surface area contributed by atoms with E-state index in [1.807, 2.05) is 50.2 Å². The van der Waals surface area contributed by atoms with Crippen molar-refractivity contribution in [2.45, 2.75) is 13.8 Å². The number of carbonyl (C=O) groups is 1. The van der Waals surface area contributed by atoms with E-state index in [0.717, 1.165) is 11.3 Å². The maximum Gasteiger partial charge on any atom is 0.255 e. The molecule has 0 heterocycles. The molecule has 0 fully saturated rings. The summed E-state index contributed by atoms with van der Waals surface area (Å²) in [4.78, 5) is 12.6. The summed E-state index contributed by atoms with van der Waals surface area (Å²) < 4.78 is 16.7. The number of rotatable bonds is 7. The number of amides is 1. The third-order valence-corrected chi connectivity index (χ3v) is 4.16. The smallest absolute Gasteiger partial charge is 0.255 e. The molecule has 0 aromatic heterocycles. The summed E-state index contributed by atoms with van der Waals surface area (Å²) in [6.45, 7) is 4.37. The molecule has 3 rings (SSSR count). The summed E-state index contributed by atoms with van der Waals surface area (Å²) in [5.41, 5.74) is 2.23. The van der Waals surface area contributed by atoms with Gasteiger partial charge in [0.2, 0.25) is 0 Å². The van der Waals surface area contributed by atoms with Gasteiger partial charge in [-0.1, -0.05) is 18.2 Å². The topological polar surface area (TPSA) is 56.8 Å². The summed E-state index contributed by atoms with van der Waals surface area (Å²) in [6.07, 6.45) is 0. The van der Waals surface area contributed by atoms with Gasteiger partial charge < -0.3 is 19.5 Å². The Morgan fingerprint density at radius 1 is 0.929 bits per heavy atom. The Morgan fingerprint density at radius 2 is 1.68 bits per heavy atom. The van der Waals surface area contributed by atoms with Crippen molar-refractivity contribution >= 4 is 11.6 Å². The molecule has 5 nitrogen and oxygen atoms in total. The van der Waals surface area contributed by atoms with E-state index in [1.54, 1.807) is 37.4 Å². The van der Waals surface area contributed by atoms with Crippen molar-refractivity contribution < 1.29 is 19.0 Å². The second-order valence-electron chi connectivity index (χ2n) is 6.14. The van der Waals surface area contributed by atoms with Crippen LogP contribution in [0.15, 0.2) is 66.7 Å². The van der Waals surface area contributed by atoms with Crippen LogP contribution >= 0.6 is 0 Å². The Balaban J connectivity index is 1.69. The summed E-state index contributed by atoms with van der Waals surface area (Å²) in [7, 11) is 1.57. The standard InChI is InChI=1S/C23H23NO4/c1-4-27-22-15-17(9-14-21(22)26-3)23(25)24-18-10-12-19(13-11-18)28-20-8-6-5-7-16(20)2/h5-15H,4H2,1-3H3,(H,24,25). The van der Waals surface area contributed by atoms with Gasteiger partial charge in [0.1, 0.15) is 11.5 Å². The Bertz CT molecular complexity index is 951. The van der Waals surface area contributed by atoms with E-state index < -0.39 is 0 Å². The van der Waals surface area contributed by atoms with Gasteiger partial charge in [0, 0.05) is 11.3 Å². The minimum atomic E-state index is -0.226. The van der Waals surface area contributed by atoms with Crippen LogP contribution < -0.4 is 19.5 Å². The van der Waals surface area contributed by atoms with Crippen LogP contribution in [0.1, 0.15) is 22.8 Å². The third-order valence-electron chi connectivity index (χ3n) is 4.16. The molecular weight excluding hydrogens is 354 g/mol. The molecule has 28 heavy (non-hydrogen) atoms. The molecular formula is C23H23NO4. The fourth-order valence-corrected chi connectivity index (χ4v) is 2.69. The average Bonchev–Trinajstić information content (AvgIpc) is 2.71. The summed E-state index contributed by atoms with van der Waals surface area (Å²) >= 11 is 0. The third kappa shape index (κ3) is 4.62. The molecule has 144 valence electrons. The van der Waals surface area contributed by atoms with Crippen molar-refractivity contribution in [3.05, 3.63) is 77.9 Å². The molecule has 1 amide bonds. The van der Waals surface area contributed by atoms with Crippen molar-refractivity contribution in [1.29, 1.82) is 0 Å². The van der Waals surface area contributed by atoms with Crippen molar-refractivity contribution in [3.8, 4) is 23.0 Å². The van der Waals surface area contributed by atoms with Gasteiger partial charge in [0.05, 0.1) is 13.7 Å². The highest BCUT2D eigenvalue weighted by atomic mass is 16.5. The maximum atomic E-state index is 12.6. The van der Waals surface area contributed by atoms with Crippen LogP contribution in [-0.4, -0.2) is 19.6 Å². The Hall–Kier alpha value is -3.47. The summed E-state index contributed by atoms with van der Waals surface area (Å²) in [5.74, 6) is 2.42. The van der Waals surface area contributed by atoms with Crippen LogP contribution in [0.3, 0.4) is 0 Å². The number of methoxy groups -OCH3 is 1. The molecule has 1 N–H and O–H groups in total. The van der Waals surface area contributed by atoms with Gasteiger partial charge in [-0.25, -0.2) is 0 Å². The first-order chi connectivity index (χ1) is 13.6. The van der Waals surface area contributed by atoms with Gasteiger partial charge >= 0.3 is 0 Å². The van der Waals surface area contributed by atoms with Crippen LogP contribution in [0.5, 0.6) is 23.0 Å². The monoisotopic (exact) mass is 377 g/mol. The lowest BCUT2D eigenvalue weighted by molar-refractivity contribution is 0.102. The molecule has 0 saturated carbocycles. The normalized spacial score (nSPS) is 10.2. The Morgan fingerprint density at radius 3 is 2.36 bits per heavy atom. The molecule has 0 aliphatic rings. The predicted octanol–water partition coefficient (Wildman–Crippen LogP) is 5.45. The van der Waals surface area contributed by atoms with E-state index in [0.29, 0.717) is 35.1 Å². The highest BCUT2D eigenvalue weighted by molar-refractivity contribution is 6.04. The van der Waals surface area contributed by atoms with Gasteiger partial charge in [-0.05, 0) is 67.9 Å². The highest BCUT2D eigenvalue weighted by Gasteiger charge is 2.11. The fourth-order valence-electron chi connectivity index (χ4n) is 2.69. The molecule has 3 aromatic rings. The van der Waals surface area contributed by atoms with Crippen molar-refractivity contribution in [3.63, 3.8) is 0 Å². The number of hydrogen-bond donors (Lipinski definition) is 1. The van der Waals surface area contributed by atoms with Gasteiger partial charge in [0.15, 0.2) is 11.5 Å². The lowest BCUT2D eigenvalue weighted by Gasteiger charge is -2.12. The van der Waals surface area contributed by atoms with Gasteiger partial charge in [-0.3, -0.25) is 4.79 Å². The number of para-hydroxylation sites is 1. The molecule has 3 aromatic carbocycles. The summed E-state index contributed by atoms with van der Waals surface area (Å²) in [6, 6.07) is 20.2. The molecule has 0 atom stereocenters. The predicted molar refractivity (Wildman–Crippen MR) is 110 cm³/mol. The maximum absolute atomic E-state index is 12.6. The first-order valence-electron chi connectivity index (χ1n) is 9.06. The molecule has 0 aliphatic heterocycles. The van der Waals surface area contributed by atoms with E-state index >= 15 is 0 Å². The number of ether oxygens (including phenoxy) is 3. The second kappa shape index (κ2) is 8.95. The largest absolute Gasteiger partial charge is 0.493 e. The quantitative estimate of drug-likeness (QED) is 0.595. The van der Waals surface area contributed by atoms with Crippen molar-refractivity contribution in [2.24, 2.45) is 0 Å². The molecule has 0 radical (unpaired) electrons. The fraction of sp³-hybridized carbons (Fsp3) is 0.174. The van der Waals surface area contributed by atoms with Crippen molar-refractivity contribution in [2.75, 3.05) is 19.0 Å². The van der Waals surface area contributed by atoms with Crippen molar-refractivity contribution in [1.82, 2.24) is 0 Å². The lowest BCUT2D eigenvalue weighted by Crippen LogP contribution is -2.12. The molecule has 0 aliphatic carbocycles. The minimum Gasteiger partial charge on any atom is -0.493 e. The Labute approximate surface area is 164 Å². The molecule has 0 bridgehead atoms. The average molecular weight is 377 g/mol. The van der Waals surface area contributed by atoms with E-state index in [2.05, 4.69) is 5.32 Å². The first kappa shape index (κ1) is 19.3. The van der Waals surface area contributed by atoms with Gasteiger partial charge in [0.25, 0.3) is 5.91 Å². The van der Waals surface area contributed by atoms with E-state index in [-0.39, 0.29) is 5.91 Å². The zero-order chi connectivity index (χ0) is 19.9. The summed E-state index contributed by atoms with van der Waals surface area (Å²) in [5, 5.41) is 2.88. The molecule has 0 spiro atoms. The first-order valence-corrected chi connectivity index (χ1v) is 9.06.